The highest BCUT2D eigenvalue weighted by atomic mass is 32.1. The van der Waals surface area contributed by atoms with Crippen LogP contribution in [0.15, 0.2) is 60.7 Å². The van der Waals surface area contributed by atoms with Gasteiger partial charge in [-0.25, -0.2) is 4.98 Å². The number of hydrogen-bond acceptors (Lipinski definition) is 7. The van der Waals surface area contributed by atoms with Gasteiger partial charge in [0.05, 0.1) is 4.92 Å². The van der Waals surface area contributed by atoms with E-state index in [1.54, 1.807) is 18.2 Å². The quantitative estimate of drug-likeness (QED) is 0.307. The van der Waals surface area contributed by atoms with Crippen molar-refractivity contribution in [3.8, 4) is 0 Å². The molecule has 0 unspecified atom stereocenters. The summed E-state index contributed by atoms with van der Waals surface area (Å²) in [5.74, 6) is 1.12. The number of piperidine rings is 1. The van der Waals surface area contributed by atoms with Gasteiger partial charge in [0, 0.05) is 55.8 Å². The van der Waals surface area contributed by atoms with Crippen molar-refractivity contribution in [1.29, 1.82) is 0 Å². The largest absolute Gasteiger partial charge is 0.352 e. The monoisotopic (exact) mass is 463 g/mol. The maximum atomic E-state index is 12.1. The number of hydrogen-bond donors (Lipinski definition) is 1. The fourth-order valence-corrected chi connectivity index (χ4v) is 4.47. The summed E-state index contributed by atoms with van der Waals surface area (Å²) in [4.78, 5) is 29.4. The molecule has 1 fully saturated rings. The maximum Gasteiger partial charge on any atom is 0.269 e. The van der Waals surface area contributed by atoms with Gasteiger partial charge in [-0.15, -0.1) is 0 Å². The number of non-ortho nitro benzene ring substituents is 1. The van der Waals surface area contributed by atoms with Gasteiger partial charge >= 0.3 is 0 Å². The average Bonchev–Trinajstić information content (AvgIpc) is 3.31. The molecule has 0 atom stereocenters. The van der Waals surface area contributed by atoms with Crippen LogP contribution in [0, 0.1) is 16.0 Å². The Hall–Kier alpha value is -3.59. The van der Waals surface area contributed by atoms with Crippen LogP contribution in [0.25, 0.3) is 6.08 Å². The molecule has 33 heavy (non-hydrogen) atoms. The second kappa shape index (κ2) is 10.8. The van der Waals surface area contributed by atoms with Gasteiger partial charge in [0.15, 0.2) is 0 Å². The predicted molar refractivity (Wildman–Crippen MR) is 129 cm³/mol. The van der Waals surface area contributed by atoms with E-state index in [-0.39, 0.29) is 11.6 Å². The molecule has 1 aliphatic heterocycles. The number of anilines is 1. The summed E-state index contributed by atoms with van der Waals surface area (Å²) in [6.07, 6.45) is 5.84. The third-order valence-corrected chi connectivity index (χ3v) is 6.46. The van der Waals surface area contributed by atoms with Crippen LogP contribution >= 0.6 is 11.5 Å². The van der Waals surface area contributed by atoms with E-state index in [4.69, 9.17) is 4.98 Å². The molecule has 1 N–H and O–H groups in total. The Labute approximate surface area is 196 Å². The van der Waals surface area contributed by atoms with E-state index >= 15 is 0 Å². The molecule has 4 rings (SSSR count). The molecular weight excluding hydrogens is 438 g/mol. The third-order valence-electron chi connectivity index (χ3n) is 5.64. The zero-order chi connectivity index (χ0) is 23.0. The summed E-state index contributed by atoms with van der Waals surface area (Å²) < 4.78 is 4.52. The highest BCUT2D eigenvalue weighted by Crippen LogP contribution is 2.25. The normalized spacial score (nSPS) is 14.5. The number of carbonyl (C=O) groups excluding carboxylic acids is 1. The van der Waals surface area contributed by atoms with E-state index in [0.717, 1.165) is 48.9 Å². The summed E-state index contributed by atoms with van der Waals surface area (Å²) in [7, 11) is 0. The summed E-state index contributed by atoms with van der Waals surface area (Å²) in [5.41, 5.74) is 1.98. The highest BCUT2D eigenvalue weighted by Gasteiger charge is 2.22. The summed E-state index contributed by atoms with van der Waals surface area (Å²) >= 11 is 1.45. The number of carbonyl (C=O) groups is 1. The Bertz CT molecular complexity index is 1110. The lowest BCUT2D eigenvalue weighted by molar-refractivity contribution is -0.384. The van der Waals surface area contributed by atoms with Crippen molar-refractivity contribution in [3.63, 3.8) is 0 Å². The average molecular weight is 464 g/mol. The van der Waals surface area contributed by atoms with E-state index in [1.807, 2.05) is 18.2 Å². The topological polar surface area (TPSA) is 101 Å². The molecule has 2 aromatic carbocycles. The van der Waals surface area contributed by atoms with Gasteiger partial charge in [0.25, 0.3) is 5.69 Å². The number of nitrogens with zero attached hydrogens (tertiary/aromatic N) is 4. The van der Waals surface area contributed by atoms with E-state index in [2.05, 4.69) is 26.7 Å². The lowest BCUT2D eigenvalue weighted by atomic mass is 9.97. The number of rotatable bonds is 8. The van der Waals surface area contributed by atoms with Gasteiger partial charge in [-0.05, 0) is 48.1 Å². The minimum atomic E-state index is -0.444. The number of benzene rings is 2. The Morgan fingerprint density at radius 2 is 1.88 bits per heavy atom. The molecule has 2 heterocycles. The molecule has 9 heteroatoms. The van der Waals surface area contributed by atoms with Crippen LogP contribution in [0.1, 0.15) is 29.8 Å². The third kappa shape index (κ3) is 6.45. The summed E-state index contributed by atoms with van der Waals surface area (Å²) in [6, 6.07) is 16.3. The Balaban J connectivity index is 1.19. The number of nitro benzene ring substituents is 1. The van der Waals surface area contributed by atoms with Crippen LogP contribution in [0.3, 0.4) is 0 Å². The molecule has 1 saturated heterocycles. The molecule has 0 saturated carbocycles. The molecule has 170 valence electrons. The first-order valence-corrected chi connectivity index (χ1v) is 11.7. The molecular formula is C24H25N5O3S. The van der Waals surface area contributed by atoms with Crippen LogP contribution < -0.4 is 10.2 Å². The van der Waals surface area contributed by atoms with Crippen LogP contribution in [-0.4, -0.2) is 39.8 Å². The van der Waals surface area contributed by atoms with Gasteiger partial charge in [-0.3, -0.25) is 14.9 Å². The molecule has 0 aliphatic carbocycles. The number of amides is 1. The maximum absolute atomic E-state index is 12.1. The Morgan fingerprint density at radius 3 is 2.58 bits per heavy atom. The minimum Gasteiger partial charge on any atom is -0.352 e. The molecule has 1 aromatic heterocycles. The van der Waals surface area contributed by atoms with Crippen molar-refractivity contribution in [2.75, 3.05) is 24.5 Å². The molecule has 1 aliphatic rings. The molecule has 3 aromatic rings. The van der Waals surface area contributed by atoms with E-state index in [0.29, 0.717) is 12.5 Å². The van der Waals surface area contributed by atoms with Crippen LogP contribution in [-0.2, 0) is 11.2 Å². The van der Waals surface area contributed by atoms with Crippen LogP contribution in [0.2, 0.25) is 0 Å². The molecule has 0 spiro atoms. The van der Waals surface area contributed by atoms with Gasteiger partial charge in [0.1, 0.15) is 5.82 Å². The van der Waals surface area contributed by atoms with Crippen molar-refractivity contribution in [3.05, 3.63) is 87.7 Å². The van der Waals surface area contributed by atoms with Gasteiger partial charge in [0.2, 0.25) is 11.0 Å². The van der Waals surface area contributed by atoms with Gasteiger partial charge in [-0.2, -0.15) is 4.37 Å². The van der Waals surface area contributed by atoms with Crippen molar-refractivity contribution in [1.82, 2.24) is 14.7 Å². The highest BCUT2D eigenvalue weighted by molar-refractivity contribution is 7.09. The zero-order valence-electron chi connectivity index (χ0n) is 18.1. The van der Waals surface area contributed by atoms with Gasteiger partial charge < -0.3 is 10.2 Å². The number of aromatic nitrogens is 2. The van der Waals surface area contributed by atoms with Gasteiger partial charge in [-0.1, -0.05) is 30.3 Å². The van der Waals surface area contributed by atoms with Crippen LogP contribution in [0.5, 0.6) is 0 Å². The summed E-state index contributed by atoms with van der Waals surface area (Å²) in [5, 5.41) is 14.6. The van der Waals surface area contributed by atoms with E-state index in [1.165, 1.54) is 35.3 Å². The van der Waals surface area contributed by atoms with E-state index in [9.17, 15) is 14.9 Å². The second-order valence-electron chi connectivity index (χ2n) is 8.01. The van der Waals surface area contributed by atoms with Crippen molar-refractivity contribution < 1.29 is 9.72 Å². The SMILES string of the molecule is O=C(/C=C/c1ccc([N+](=O)[O-])cc1)NCC1CCN(c2nc(Cc3ccccc3)ns2)CC1. The first-order valence-electron chi connectivity index (χ1n) is 10.9. The van der Waals surface area contributed by atoms with Crippen molar-refractivity contribution in [2.45, 2.75) is 19.3 Å². The zero-order valence-corrected chi connectivity index (χ0v) is 18.9. The van der Waals surface area contributed by atoms with Crippen molar-refractivity contribution >= 4 is 34.3 Å². The van der Waals surface area contributed by atoms with E-state index < -0.39 is 4.92 Å². The van der Waals surface area contributed by atoms with Crippen LogP contribution in [0.4, 0.5) is 10.8 Å². The fraction of sp³-hybridized carbons (Fsp3) is 0.292. The Kier molecular flexibility index (Phi) is 7.41. The fourth-order valence-electron chi connectivity index (χ4n) is 3.73. The van der Waals surface area contributed by atoms with Crippen molar-refractivity contribution in [2.24, 2.45) is 5.92 Å². The lowest BCUT2D eigenvalue weighted by Gasteiger charge is -2.31. The standard InChI is InChI=1S/C24H25N5O3S/c30-23(11-8-18-6-9-21(10-7-18)29(31)32)25-17-20-12-14-28(15-13-20)24-26-22(27-33-24)16-19-4-2-1-3-5-19/h1-11,20H,12-17H2,(H,25,30)/b11-8+. The predicted octanol–water partition coefficient (Wildman–Crippen LogP) is 4.08. The smallest absolute Gasteiger partial charge is 0.269 e. The lowest BCUT2D eigenvalue weighted by Crippen LogP contribution is -2.38. The molecule has 8 nitrogen and oxygen atoms in total. The molecule has 0 bridgehead atoms. The number of nitro groups is 1. The first kappa shape index (κ1) is 22.6. The summed E-state index contributed by atoms with van der Waals surface area (Å²) in [6.45, 7) is 2.44. The second-order valence-corrected chi connectivity index (χ2v) is 8.74. The number of nitrogens with one attached hydrogen (secondary N) is 1. The minimum absolute atomic E-state index is 0.0314. The first-order chi connectivity index (χ1) is 16.1. The molecule has 0 radical (unpaired) electrons. The Morgan fingerprint density at radius 1 is 1.15 bits per heavy atom. The molecule has 1 amide bonds.